The minimum Gasteiger partial charge on any atom is -0.393 e. The highest BCUT2D eigenvalue weighted by Gasteiger charge is 2.59. The smallest absolute Gasteiger partial charge is 0.0682 e. The van der Waals surface area contributed by atoms with Gasteiger partial charge in [-0.15, -0.1) is 0 Å². The van der Waals surface area contributed by atoms with E-state index in [9.17, 15) is 10.2 Å². The molecule has 1 aromatic rings. The van der Waals surface area contributed by atoms with Crippen molar-refractivity contribution >= 4 is 0 Å². The van der Waals surface area contributed by atoms with Gasteiger partial charge in [0, 0.05) is 0 Å². The molecule has 2 nitrogen and oxygen atoms in total. The average molecular weight is 465 g/mol. The summed E-state index contributed by atoms with van der Waals surface area (Å²) in [6.07, 6.45) is 17.3. The molecule has 188 valence electrons. The first-order valence-electron chi connectivity index (χ1n) is 14.4. The lowest BCUT2D eigenvalue weighted by Crippen LogP contribution is -2.52. The van der Waals surface area contributed by atoms with Crippen LogP contribution in [0.25, 0.3) is 0 Å². The Balaban J connectivity index is 1.21. The van der Waals surface area contributed by atoms with Crippen LogP contribution in [0.4, 0.5) is 0 Å². The normalized spacial score (nSPS) is 42.3. The first-order valence-corrected chi connectivity index (χ1v) is 14.4. The summed E-state index contributed by atoms with van der Waals surface area (Å²) >= 11 is 0. The number of allylic oxidation sites excluding steroid dienone is 1. The molecule has 7 unspecified atom stereocenters. The molecule has 3 fully saturated rings. The van der Waals surface area contributed by atoms with Gasteiger partial charge in [0.25, 0.3) is 0 Å². The highest BCUT2D eigenvalue weighted by atomic mass is 16.3. The largest absolute Gasteiger partial charge is 0.393 e. The summed E-state index contributed by atoms with van der Waals surface area (Å²) in [6.45, 7) is 7.33. The van der Waals surface area contributed by atoms with Crippen LogP contribution in [0.5, 0.6) is 0 Å². The quantitative estimate of drug-likeness (QED) is 0.411. The van der Waals surface area contributed by atoms with E-state index >= 15 is 0 Å². The Morgan fingerprint density at radius 3 is 2.56 bits per heavy atom. The maximum Gasteiger partial charge on any atom is 0.0682 e. The molecule has 1 aromatic carbocycles. The number of aliphatic hydroxyl groups is 2. The lowest BCUT2D eigenvalue weighted by Gasteiger charge is -2.59. The summed E-state index contributed by atoms with van der Waals surface area (Å²) in [5.74, 6) is 3.36. The maximum atomic E-state index is 11.0. The Kier molecular flexibility index (Phi) is 6.79. The predicted molar refractivity (Wildman–Crippen MR) is 140 cm³/mol. The van der Waals surface area contributed by atoms with Gasteiger partial charge in [0.2, 0.25) is 0 Å². The molecule has 0 amide bonds. The molecule has 4 aliphatic carbocycles. The molecule has 34 heavy (non-hydrogen) atoms. The van der Waals surface area contributed by atoms with Gasteiger partial charge in [0.05, 0.1) is 11.7 Å². The number of fused-ring (bicyclic) bond motifs is 5. The maximum absolute atomic E-state index is 11.0. The number of aliphatic hydroxyl groups excluding tert-OH is 1. The van der Waals surface area contributed by atoms with Crippen molar-refractivity contribution in [2.24, 2.45) is 34.5 Å². The van der Waals surface area contributed by atoms with Crippen molar-refractivity contribution in [1.29, 1.82) is 0 Å². The predicted octanol–water partition coefficient (Wildman–Crippen LogP) is 7.48. The molecule has 0 heterocycles. The molecule has 8 atom stereocenters. The van der Waals surface area contributed by atoms with E-state index in [2.05, 4.69) is 51.1 Å². The molecule has 0 aliphatic heterocycles. The van der Waals surface area contributed by atoms with Crippen LogP contribution >= 0.6 is 0 Å². The third kappa shape index (κ3) is 4.32. The van der Waals surface area contributed by atoms with E-state index in [4.69, 9.17) is 0 Å². The summed E-state index contributed by atoms with van der Waals surface area (Å²) in [5, 5.41) is 21.6. The zero-order valence-corrected chi connectivity index (χ0v) is 21.9. The average Bonchev–Trinajstić information content (AvgIpc) is 3.17. The van der Waals surface area contributed by atoms with Crippen LogP contribution in [-0.2, 0) is 6.42 Å². The van der Waals surface area contributed by atoms with E-state index in [1.54, 1.807) is 5.57 Å². The number of hydrogen-bond donors (Lipinski definition) is 2. The first-order chi connectivity index (χ1) is 16.3. The number of hydrogen-bond acceptors (Lipinski definition) is 2. The third-order valence-electron chi connectivity index (χ3n) is 11.5. The molecular weight excluding hydrogens is 416 g/mol. The van der Waals surface area contributed by atoms with Gasteiger partial charge in [-0.2, -0.15) is 0 Å². The Hall–Kier alpha value is -1.12. The standard InChI is InChI=1S/C32H48O2/c1-4-32(34)20-19-31(3)25(22-32)13-15-27-28-16-14-24(30(28,2)18-17-29(27)31)11-8-12-26(33)21-23-9-6-5-7-10-23/h5-7,9-10,13,24,26-29,33-34H,4,8,11-12,14-22H2,1-3H3/t24?,26?,27?,28?,29?,30?,31?,32-/m0/s1. The van der Waals surface area contributed by atoms with Crippen LogP contribution in [0.2, 0.25) is 0 Å². The molecule has 5 rings (SSSR count). The minimum absolute atomic E-state index is 0.210. The Bertz CT molecular complexity index is 876. The molecule has 2 N–H and O–H groups in total. The van der Waals surface area contributed by atoms with Gasteiger partial charge in [0.15, 0.2) is 0 Å². The molecule has 0 radical (unpaired) electrons. The molecule has 3 saturated carbocycles. The van der Waals surface area contributed by atoms with Crippen LogP contribution in [0.3, 0.4) is 0 Å². The molecule has 0 aromatic heterocycles. The molecule has 0 saturated heterocycles. The molecule has 4 aliphatic rings. The van der Waals surface area contributed by atoms with E-state index in [-0.39, 0.29) is 6.10 Å². The second-order valence-corrected chi connectivity index (χ2v) is 13.1. The first kappa shape index (κ1) is 24.6. The molecule has 0 bridgehead atoms. The van der Waals surface area contributed by atoms with Gasteiger partial charge < -0.3 is 10.2 Å². The second kappa shape index (κ2) is 9.40. The molecular formula is C32H48O2. The van der Waals surface area contributed by atoms with Crippen molar-refractivity contribution < 1.29 is 10.2 Å². The Morgan fingerprint density at radius 2 is 1.79 bits per heavy atom. The minimum atomic E-state index is -0.453. The van der Waals surface area contributed by atoms with Gasteiger partial charge in [-0.3, -0.25) is 0 Å². The van der Waals surface area contributed by atoms with Crippen molar-refractivity contribution in [1.82, 2.24) is 0 Å². The zero-order chi connectivity index (χ0) is 24.0. The second-order valence-electron chi connectivity index (χ2n) is 13.1. The van der Waals surface area contributed by atoms with Gasteiger partial charge in [-0.05, 0) is 117 Å². The fraction of sp³-hybridized carbons (Fsp3) is 0.750. The fourth-order valence-corrected chi connectivity index (χ4v) is 9.19. The van der Waals surface area contributed by atoms with Crippen molar-refractivity contribution in [3.8, 4) is 0 Å². The molecule has 2 heteroatoms. The summed E-state index contributed by atoms with van der Waals surface area (Å²) in [4.78, 5) is 0. The van der Waals surface area contributed by atoms with Crippen molar-refractivity contribution in [2.45, 2.75) is 116 Å². The van der Waals surface area contributed by atoms with Gasteiger partial charge >= 0.3 is 0 Å². The number of benzene rings is 1. The fourth-order valence-electron chi connectivity index (χ4n) is 9.19. The van der Waals surface area contributed by atoms with Crippen molar-refractivity contribution in [2.75, 3.05) is 0 Å². The zero-order valence-electron chi connectivity index (χ0n) is 21.9. The van der Waals surface area contributed by atoms with E-state index in [0.29, 0.717) is 10.8 Å². The van der Waals surface area contributed by atoms with Crippen LogP contribution in [0.15, 0.2) is 42.0 Å². The lowest BCUT2D eigenvalue weighted by molar-refractivity contribution is -0.0717. The van der Waals surface area contributed by atoms with Gasteiger partial charge in [-0.1, -0.05) is 69.2 Å². The highest BCUT2D eigenvalue weighted by Crippen LogP contribution is 2.67. The summed E-state index contributed by atoms with van der Waals surface area (Å²) in [5.41, 5.74) is 3.21. The van der Waals surface area contributed by atoms with E-state index in [1.807, 2.05) is 6.07 Å². The SMILES string of the molecule is CC[C@]1(O)CCC2(C)C(=CCC3C2CCC2(C)C(CCCC(O)Cc4ccccc4)CCC32)C1. The van der Waals surface area contributed by atoms with Gasteiger partial charge in [0.1, 0.15) is 0 Å². The van der Waals surface area contributed by atoms with Crippen molar-refractivity contribution in [3.05, 3.63) is 47.5 Å². The third-order valence-corrected chi connectivity index (χ3v) is 11.5. The monoisotopic (exact) mass is 464 g/mol. The van der Waals surface area contributed by atoms with Crippen LogP contribution < -0.4 is 0 Å². The Morgan fingerprint density at radius 1 is 1.00 bits per heavy atom. The highest BCUT2D eigenvalue weighted by molar-refractivity contribution is 5.27. The van der Waals surface area contributed by atoms with Crippen LogP contribution in [0.1, 0.15) is 103 Å². The summed E-state index contributed by atoms with van der Waals surface area (Å²) in [6, 6.07) is 10.4. The van der Waals surface area contributed by atoms with Crippen LogP contribution in [-0.4, -0.2) is 21.9 Å². The lowest BCUT2D eigenvalue weighted by atomic mass is 9.46. The topological polar surface area (TPSA) is 40.5 Å². The summed E-state index contributed by atoms with van der Waals surface area (Å²) < 4.78 is 0. The summed E-state index contributed by atoms with van der Waals surface area (Å²) in [7, 11) is 0. The number of rotatable bonds is 7. The van der Waals surface area contributed by atoms with Crippen LogP contribution in [0, 0.1) is 34.5 Å². The Labute approximate surface area is 208 Å². The van der Waals surface area contributed by atoms with E-state index in [0.717, 1.165) is 62.2 Å². The molecule has 0 spiro atoms. The van der Waals surface area contributed by atoms with Crippen molar-refractivity contribution in [3.63, 3.8) is 0 Å². The van der Waals surface area contributed by atoms with Gasteiger partial charge in [-0.25, -0.2) is 0 Å². The van der Waals surface area contributed by atoms with E-state index < -0.39 is 5.60 Å². The van der Waals surface area contributed by atoms with E-state index in [1.165, 1.54) is 50.5 Å².